The first-order valence-corrected chi connectivity index (χ1v) is 7.02. The van der Waals surface area contributed by atoms with E-state index in [1.165, 1.54) is 42.5 Å². The number of aryl methyl sites for hydroxylation is 1. The molecule has 2 aromatic rings. The molecule has 1 saturated carbocycles. The lowest BCUT2D eigenvalue weighted by Gasteiger charge is -2.57. The van der Waals surface area contributed by atoms with Gasteiger partial charge in [-0.1, -0.05) is 0 Å². The van der Waals surface area contributed by atoms with E-state index in [9.17, 15) is 0 Å². The van der Waals surface area contributed by atoms with Gasteiger partial charge in [0.15, 0.2) is 0 Å². The third kappa shape index (κ3) is 1.59. The zero-order valence-corrected chi connectivity index (χ0v) is 11.6. The predicted octanol–water partition coefficient (Wildman–Crippen LogP) is 1.76. The van der Waals surface area contributed by atoms with Gasteiger partial charge in [0.2, 0.25) is 0 Å². The molecular formula is C15H20N4. The molecule has 19 heavy (non-hydrogen) atoms. The fraction of sp³-hybridized carbons (Fsp3) is 0.533. The number of anilines is 1. The van der Waals surface area contributed by atoms with E-state index < -0.39 is 0 Å². The average Bonchev–Trinajstić information content (AvgIpc) is 2.67. The Hall–Kier alpha value is -1.55. The highest BCUT2D eigenvalue weighted by Crippen LogP contribution is 2.47. The first-order valence-electron chi connectivity index (χ1n) is 7.02. The van der Waals surface area contributed by atoms with E-state index in [0.717, 1.165) is 0 Å². The second-order valence-corrected chi connectivity index (χ2v) is 6.29. The van der Waals surface area contributed by atoms with Gasteiger partial charge in [-0.15, -0.1) is 0 Å². The minimum Gasteiger partial charge on any atom is -0.372 e. The zero-order chi connectivity index (χ0) is 13.0. The van der Waals surface area contributed by atoms with E-state index in [0.29, 0.717) is 11.5 Å². The number of aromatic nitrogens is 2. The molecule has 100 valence electrons. The molecule has 1 aromatic carbocycles. The summed E-state index contributed by atoms with van der Waals surface area (Å²) in [6, 6.07) is 7.35. The van der Waals surface area contributed by atoms with Crippen LogP contribution in [0.4, 0.5) is 5.69 Å². The van der Waals surface area contributed by atoms with Crippen LogP contribution in [-0.2, 0) is 7.05 Å². The summed E-state index contributed by atoms with van der Waals surface area (Å²) in [7, 11) is 4.23. The van der Waals surface area contributed by atoms with E-state index in [4.69, 9.17) is 0 Å². The van der Waals surface area contributed by atoms with Gasteiger partial charge < -0.3 is 10.2 Å². The largest absolute Gasteiger partial charge is 0.372 e. The van der Waals surface area contributed by atoms with Crippen LogP contribution in [0.25, 0.3) is 10.9 Å². The summed E-state index contributed by atoms with van der Waals surface area (Å²) in [6.07, 6.45) is 4.59. The monoisotopic (exact) mass is 256 g/mol. The standard InChI is InChI=1S/C15H20N4/c1-18(13-6-15(7-13)9-16-10-15)12-4-3-11-8-17-19(2)14(11)5-12/h3-5,8,13,16H,6-7,9-10H2,1-2H3. The Morgan fingerprint density at radius 1 is 1.37 bits per heavy atom. The molecule has 0 radical (unpaired) electrons. The normalized spacial score (nSPS) is 21.4. The van der Waals surface area contributed by atoms with Gasteiger partial charge in [-0.2, -0.15) is 5.10 Å². The van der Waals surface area contributed by atoms with Gasteiger partial charge in [0, 0.05) is 44.3 Å². The summed E-state index contributed by atoms with van der Waals surface area (Å²) in [5.41, 5.74) is 3.15. The van der Waals surface area contributed by atoms with Crippen molar-refractivity contribution in [2.24, 2.45) is 12.5 Å². The Morgan fingerprint density at radius 2 is 2.16 bits per heavy atom. The quantitative estimate of drug-likeness (QED) is 0.889. The highest BCUT2D eigenvalue weighted by atomic mass is 15.2. The number of hydrogen-bond donors (Lipinski definition) is 1. The van der Waals surface area contributed by atoms with Crippen molar-refractivity contribution in [3.63, 3.8) is 0 Å². The van der Waals surface area contributed by atoms with Crippen molar-refractivity contribution in [3.05, 3.63) is 24.4 Å². The number of fused-ring (bicyclic) bond motifs is 1. The number of hydrogen-bond acceptors (Lipinski definition) is 3. The van der Waals surface area contributed by atoms with E-state index in [1.807, 2.05) is 17.9 Å². The molecule has 2 heterocycles. The zero-order valence-electron chi connectivity index (χ0n) is 11.6. The molecule has 1 spiro atoms. The van der Waals surface area contributed by atoms with Crippen LogP contribution in [0, 0.1) is 5.41 Å². The van der Waals surface area contributed by atoms with Crippen molar-refractivity contribution in [3.8, 4) is 0 Å². The van der Waals surface area contributed by atoms with Crippen molar-refractivity contribution in [1.29, 1.82) is 0 Å². The number of nitrogens with one attached hydrogen (secondary N) is 1. The van der Waals surface area contributed by atoms with Gasteiger partial charge in [0.1, 0.15) is 0 Å². The van der Waals surface area contributed by atoms with Crippen LogP contribution in [0.15, 0.2) is 24.4 Å². The first-order chi connectivity index (χ1) is 9.17. The van der Waals surface area contributed by atoms with Crippen LogP contribution in [0.1, 0.15) is 12.8 Å². The lowest BCUT2D eigenvalue weighted by atomic mass is 9.61. The second-order valence-electron chi connectivity index (χ2n) is 6.29. The summed E-state index contributed by atoms with van der Waals surface area (Å²) in [5.74, 6) is 0. The molecule has 4 nitrogen and oxygen atoms in total. The summed E-state index contributed by atoms with van der Waals surface area (Å²) < 4.78 is 1.95. The fourth-order valence-electron chi connectivity index (χ4n) is 3.54. The highest BCUT2D eigenvalue weighted by molar-refractivity contribution is 5.82. The highest BCUT2D eigenvalue weighted by Gasteiger charge is 2.49. The fourth-order valence-corrected chi connectivity index (χ4v) is 3.54. The summed E-state index contributed by atoms with van der Waals surface area (Å²) in [6.45, 7) is 2.44. The topological polar surface area (TPSA) is 33.1 Å². The lowest BCUT2D eigenvalue weighted by Crippen LogP contribution is -2.64. The lowest BCUT2D eigenvalue weighted by molar-refractivity contribution is 0.0374. The molecule has 2 aliphatic rings. The smallest absolute Gasteiger partial charge is 0.0699 e. The van der Waals surface area contributed by atoms with E-state index >= 15 is 0 Å². The molecule has 1 aliphatic heterocycles. The van der Waals surface area contributed by atoms with Crippen LogP contribution >= 0.6 is 0 Å². The van der Waals surface area contributed by atoms with Gasteiger partial charge >= 0.3 is 0 Å². The molecular weight excluding hydrogens is 236 g/mol. The minimum absolute atomic E-state index is 0.634. The molecule has 4 rings (SSSR count). The van der Waals surface area contributed by atoms with Crippen molar-refractivity contribution in [2.45, 2.75) is 18.9 Å². The van der Waals surface area contributed by atoms with Gasteiger partial charge in [-0.05, 0) is 36.5 Å². The maximum Gasteiger partial charge on any atom is 0.0699 e. The molecule has 1 aliphatic carbocycles. The Kier molecular flexibility index (Phi) is 2.22. The second kappa shape index (κ2) is 3.73. The molecule has 1 N–H and O–H groups in total. The number of benzene rings is 1. The van der Waals surface area contributed by atoms with Crippen molar-refractivity contribution in [1.82, 2.24) is 15.1 Å². The number of nitrogens with zero attached hydrogens (tertiary/aromatic N) is 3. The molecule has 1 aromatic heterocycles. The third-order valence-electron chi connectivity index (χ3n) is 5.02. The van der Waals surface area contributed by atoms with Gasteiger partial charge in [0.25, 0.3) is 0 Å². The maximum absolute atomic E-state index is 4.31. The maximum atomic E-state index is 4.31. The molecule has 0 unspecified atom stereocenters. The number of rotatable bonds is 2. The predicted molar refractivity (Wildman–Crippen MR) is 77.4 cm³/mol. The SMILES string of the molecule is CN(c1ccc2cnn(C)c2c1)C1CC2(CNC2)C1. The van der Waals surface area contributed by atoms with Crippen LogP contribution < -0.4 is 10.2 Å². The summed E-state index contributed by atoms with van der Waals surface area (Å²) >= 11 is 0. The Morgan fingerprint density at radius 3 is 2.84 bits per heavy atom. The van der Waals surface area contributed by atoms with Crippen LogP contribution in [0.5, 0.6) is 0 Å². The van der Waals surface area contributed by atoms with Gasteiger partial charge in [-0.25, -0.2) is 0 Å². The average molecular weight is 256 g/mol. The molecule has 2 fully saturated rings. The summed E-state index contributed by atoms with van der Waals surface area (Å²) in [5, 5.41) is 8.93. The van der Waals surface area contributed by atoms with E-state index in [1.54, 1.807) is 0 Å². The molecule has 1 saturated heterocycles. The molecule has 4 heteroatoms. The third-order valence-corrected chi connectivity index (χ3v) is 5.02. The van der Waals surface area contributed by atoms with E-state index in [-0.39, 0.29) is 0 Å². The summed E-state index contributed by atoms with van der Waals surface area (Å²) in [4.78, 5) is 2.44. The van der Waals surface area contributed by atoms with Crippen LogP contribution in [0.2, 0.25) is 0 Å². The van der Waals surface area contributed by atoms with Crippen molar-refractivity contribution >= 4 is 16.6 Å². The molecule has 0 bridgehead atoms. The Labute approximate surface area is 113 Å². The Bertz CT molecular complexity index is 618. The van der Waals surface area contributed by atoms with Gasteiger partial charge in [-0.3, -0.25) is 4.68 Å². The van der Waals surface area contributed by atoms with E-state index in [2.05, 4.69) is 40.6 Å². The minimum atomic E-state index is 0.634. The van der Waals surface area contributed by atoms with Gasteiger partial charge in [0.05, 0.1) is 11.7 Å². The Balaban J connectivity index is 1.58. The van der Waals surface area contributed by atoms with Crippen molar-refractivity contribution < 1.29 is 0 Å². The van der Waals surface area contributed by atoms with Crippen LogP contribution in [-0.4, -0.2) is 36.0 Å². The first kappa shape index (κ1) is 11.3. The molecule has 0 atom stereocenters. The van der Waals surface area contributed by atoms with Crippen LogP contribution in [0.3, 0.4) is 0 Å². The van der Waals surface area contributed by atoms with Crippen molar-refractivity contribution in [2.75, 3.05) is 25.0 Å². The molecule has 0 amide bonds.